The second kappa shape index (κ2) is 10.4. The lowest BCUT2D eigenvalue weighted by molar-refractivity contribution is -0.236. The van der Waals surface area contributed by atoms with Gasteiger partial charge in [0.25, 0.3) is 17.4 Å². The molecule has 2 fully saturated rings. The topological polar surface area (TPSA) is 176 Å². The second-order valence-corrected chi connectivity index (χ2v) is 10.8. The van der Waals surface area contributed by atoms with E-state index in [1.165, 1.54) is 5.38 Å². The number of aromatic nitrogens is 1. The van der Waals surface area contributed by atoms with Crippen molar-refractivity contribution in [2.45, 2.75) is 64.4 Å². The van der Waals surface area contributed by atoms with E-state index in [4.69, 9.17) is 23.9 Å². The van der Waals surface area contributed by atoms with Crippen molar-refractivity contribution in [1.29, 1.82) is 0 Å². The molecule has 0 radical (unpaired) electrons. The molecule has 2 saturated heterocycles. The third-order valence-electron chi connectivity index (χ3n) is 4.37. The first kappa shape index (κ1) is 27.3. The number of esters is 1. The minimum Gasteiger partial charge on any atom is -0.457 e. The first-order chi connectivity index (χ1) is 16.7. The standard InChI is InChI=1S/C21H29N5O9S/c1-19(2,3)33-16(29)21(9-31-10-21)35-25-13(15(28)22-11-7-32-26-14(11)27)12-8-36-17(23-12)24-18(30)34-20(4,5)6/h8,11H,7,9-10H2,1-6H3,(H,22,28)(H,26,27)(H,23,24,30)/b25-13-/t11-/m0/s1. The molecule has 0 saturated carbocycles. The number of carbonyl (C=O) groups is 4. The highest BCUT2D eigenvalue weighted by atomic mass is 32.1. The van der Waals surface area contributed by atoms with Crippen molar-refractivity contribution in [1.82, 2.24) is 15.8 Å². The van der Waals surface area contributed by atoms with Crippen LogP contribution in [0.2, 0.25) is 0 Å². The molecular weight excluding hydrogens is 498 g/mol. The predicted molar refractivity (Wildman–Crippen MR) is 125 cm³/mol. The summed E-state index contributed by atoms with van der Waals surface area (Å²) in [5, 5.41) is 10.4. The Labute approximate surface area is 211 Å². The number of rotatable bonds is 7. The number of hydrogen-bond acceptors (Lipinski definition) is 12. The van der Waals surface area contributed by atoms with Crippen LogP contribution in [0.1, 0.15) is 47.2 Å². The molecule has 3 amide bonds. The molecule has 2 aliphatic heterocycles. The number of ether oxygens (including phenoxy) is 3. The molecule has 0 bridgehead atoms. The van der Waals surface area contributed by atoms with Crippen molar-refractivity contribution < 1.29 is 43.1 Å². The molecule has 3 heterocycles. The van der Waals surface area contributed by atoms with Crippen LogP contribution in [0.5, 0.6) is 0 Å². The fourth-order valence-electron chi connectivity index (χ4n) is 2.71. The Balaban J connectivity index is 1.83. The summed E-state index contributed by atoms with van der Waals surface area (Å²) >= 11 is 1.00. The fourth-order valence-corrected chi connectivity index (χ4v) is 3.39. The Bertz CT molecular complexity index is 1050. The smallest absolute Gasteiger partial charge is 0.413 e. The van der Waals surface area contributed by atoms with Crippen molar-refractivity contribution in [2.24, 2.45) is 5.16 Å². The molecule has 198 valence electrons. The lowest BCUT2D eigenvalue weighted by Crippen LogP contribution is -2.59. The summed E-state index contributed by atoms with van der Waals surface area (Å²) in [5.74, 6) is -2.08. The zero-order chi connectivity index (χ0) is 26.7. The molecule has 14 nitrogen and oxygen atoms in total. The molecule has 0 spiro atoms. The molecule has 1 aromatic heterocycles. The van der Waals surface area contributed by atoms with Crippen LogP contribution in [-0.4, -0.2) is 77.2 Å². The highest BCUT2D eigenvalue weighted by Crippen LogP contribution is 2.27. The van der Waals surface area contributed by atoms with Crippen LogP contribution in [0, 0.1) is 0 Å². The average molecular weight is 528 g/mol. The summed E-state index contributed by atoms with van der Waals surface area (Å²) in [6.07, 6.45) is -0.738. The van der Waals surface area contributed by atoms with E-state index in [9.17, 15) is 19.2 Å². The van der Waals surface area contributed by atoms with Crippen molar-refractivity contribution >= 4 is 46.1 Å². The van der Waals surface area contributed by atoms with Gasteiger partial charge < -0.3 is 24.4 Å². The van der Waals surface area contributed by atoms with Gasteiger partial charge in [-0.25, -0.2) is 20.1 Å². The van der Waals surface area contributed by atoms with Crippen LogP contribution in [0.3, 0.4) is 0 Å². The largest absolute Gasteiger partial charge is 0.457 e. The van der Waals surface area contributed by atoms with Crippen molar-refractivity contribution in [2.75, 3.05) is 25.1 Å². The highest BCUT2D eigenvalue weighted by Gasteiger charge is 2.52. The summed E-state index contributed by atoms with van der Waals surface area (Å²) in [4.78, 5) is 64.2. The van der Waals surface area contributed by atoms with E-state index in [1.54, 1.807) is 41.5 Å². The number of thiazole rings is 1. The van der Waals surface area contributed by atoms with E-state index < -0.39 is 46.7 Å². The summed E-state index contributed by atoms with van der Waals surface area (Å²) < 4.78 is 15.7. The molecule has 36 heavy (non-hydrogen) atoms. The van der Waals surface area contributed by atoms with Gasteiger partial charge in [0.2, 0.25) is 0 Å². The SMILES string of the molecule is CC(C)(C)OC(=O)Nc1nc(/C(=N/OC2(C(=O)OC(C)(C)C)COC2)C(=O)N[C@H]2CONC2=O)cs1. The summed E-state index contributed by atoms with van der Waals surface area (Å²) in [6.45, 7) is 9.84. The van der Waals surface area contributed by atoms with Crippen LogP contribution in [0.25, 0.3) is 0 Å². The van der Waals surface area contributed by atoms with Gasteiger partial charge in [0, 0.05) is 5.38 Å². The first-order valence-corrected chi connectivity index (χ1v) is 11.8. The number of hydrogen-bond donors (Lipinski definition) is 3. The number of oxime groups is 1. The molecule has 15 heteroatoms. The summed E-state index contributed by atoms with van der Waals surface area (Å²) in [6, 6.07) is -0.979. The quantitative estimate of drug-likeness (QED) is 0.262. The van der Waals surface area contributed by atoms with Gasteiger partial charge in [-0.2, -0.15) is 0 Å². The predicted octanol–water partition coefficient (Wildman–Crippen LogP) is 0.868. The second-order valence-electron chi connectivity index (χ2n) is 9.99. The summed E-state index contributed by atoms with van der Waals surface area (Å²) in [7, 11) is 0. The van der Waals surface area contributed by atoms with Crippen LogP contribution in [0.4, 0.5) is 9.93 Å². The monoisotopic (exact) mass is 527 g/mol. The number of carbonyl (C=O) groups excluding carboxylic acids is 4. The number of nitrogens with one attached hydrogen (secondary N) is 3. The summed E-state index contributed by atoms with van der Waals surface area (Å²) in [5.41, 5.74) is -1.28. The van der Waals surface area contributed by atoms with Crippen LogP contribution < -0.4 is 16.1 Å². The van der Waals surface area contributed by atoms with Gasteiger partial charge in [-0.1, -0.05) is 5.16 Å². The Morgan fingerprint density at radius 3 is 2.36 bits per heavy atom. The van der Waals surface area contributed by atoms with E-state index in [0.29, 0.717) is 0 Å². The highest BCUT2D eigenvalue weighted by molar-refractivity contribution is 7.14. The molecule has 0 unspecified atom stereocenters. The zero-order valence-corrected chi connectivity index (χ0v) is 21.6. The zero-order valence-electron chi connectivity index (χ0n) is 20.8. The minimum atomic E-state index is -1.56. The molecule has 1 aromatic rings. The van der Waals surface area contributed by atoms with E-state index in [0.717, 1.165) is 11.3 Å². The van der Waals surface area contributed by atoms with Gasteiger partial charge >= 0.3 is 12.1 Å². The van der Waals surface area contributed by atoms with Crippen LogP contribution >= 0.6 is 11.3 Å². The van der Waals surface area contributed by atoms with Gasteiger partial charge in [-0.15, -0.1) is 11.3 Å². The van der Waals surface area contributed by atoms with Gasteiger partial charge in [0.15, 0.2) is 10.8 Å². The third-order valence-corrected chi connectivity index (χ3v) is 5.13. The van der Waals surface area contributed by atoms with E-state index in [1.807, 2.05) is 0 Å². The normalized spacial score (nSPS) is 19.6. The molecule has 3 rings (SSSR count). The molecule has 3 N–H and O–H groups in total. The lowest BCUT2D eigenvalue weighted by Gasteiger charge is -2.37. The Morgan fingerprint density at radius 2 is 1.83 bits per heavy atom. The number of nitrogens with zero attached hydrogens (tertiary/aromatic N) is 2. The van der Waals surface area contributed by atoms with Crippen molar-refractivity contribution in [3.05, 3.63) is 11.1 Å². The van der Waals surface area contributed by atoms with Gasteiger partial charge in [-0.05, 0) is 41.5 Å². The van der Waals surface area contributed by atoms with Gasteiger partial charge in [0.05, 0.1) is 0 Å². The first-order valence-electron chi connectivity index (χ1n) is 10.9. The van der Waals surface area contributed by atoms with E-state index in [-0.39, 0.29) is 36.4 Å². The third kappa shape index (κ3) is 7.11. The average Bonchev–Trinajstić information content (AvgIpc) is 3.30. The molecule has 1 atom stereocenters. The molecule has 0 aromatic carbocycles. The number of amides is 3. The van der Waals surface area contributed by atoms with Crippen LogP contribution in [0.15, 0.2) is 10.5 Å². The maximum atomic E-state index is 13.0. The Hall–Kier alpha value is -3.30. The molecule has 0 aliphatic carbocycles. The number of hydroxylamine groups is 1. The van der Waals surface area contributed by atoms with Gasteiger partial charge in [0.1, 0.15) is 42.8 Å². The lowest BCUT2D eigenvalue weighted by atomic mass is 10.0. The maximum absolute atomic E-state index is 13.0. The Morgan fingerprint density at radius 1 is 1.17 bits per heavy atom. The van der Waals surface area contributed by atoms with Crippen molar-refractivity contribution in [3.63, 3.8) is 0 Å². The fraction of sp³-hybridized carbons (Fsp3) is 0.619. The van der Waals surface area contributed by atoms with Gasteiger partial charge in [-0.3, -0.25) is 19.7 Å². The van der Waals surface area contributed by atoms with E-state index >= 15 is 0 Å². The number of anilines is 1. The minimum absolute atomic E-state index is 0.0162. The molecular formula is C21H29N5O9S. The molecule has 2 aliphatic rings. The van der Waals surface area contributed by atoms with Crippen LogP contribution in [-0.2, 0) is 38.3 Å². The Kier molecular flexibility index (Phi) is 7.85. The maximum Gasteiger partial charge on any atom is 0.413 e. The van der Waals surface area contributed by atoms with E-state index in [2.05, 4.69) is 26.3 Å². The van der Waals surface area contributed by atoms with Crippen molar-refractivity contribution in [3.8, 4) is 0 Å².